The van der Waals surface area contributed by atoms with Crippen molar-refractivity contribution >= 4 is 0 Å². The highest BCUT2D eigenvalue weighted by molar-refractivity contribution is 5.14. The van der Waals surface area contributed by atoms with Gasteiger partial charge in [-0.15, -0.1) is 0 Å². The molecule has 0 bridgehead atoms. The molecule has 1 unspecified atom stereocenters. The van der Waals surface area contributed by atoms with Gasteiger partial charge >= 0.3 is 6.18 Å². The summed E-state index contributed by atoms with van der Waals surface area (Å²) >= 11 is 0. The zero-order chi connectivity index (χ0) is 15.1. The number of rotatable bonds is 7. The maximum absolute atomic E-state index is 11.9. The second-order valence-electron chi connectivity index (χ2n) is 5.33. The van der Waals surface area contributed by atoms with E-state index >= 15 is 0 Å². The van der Waals surface area contributed by atoms with Gasteiger partial charge in [0.15, 0.2) is 0 Å². The summed E-state index contributed by atoms with van der Waals surface area (Å²) in [5.41, 5.74) is 1.28. The SMILES string of the molecule is FC(F)(F)COCCNC1CCN(Cc2ccccc2)C1. The number of hydrogen-bond acceptors (Lipinski definition) is 3. The van der Waals surface area contributed by atoms with Gasteiger partial charge in [-0.25, -0.2) is 0 Å². The average molecular weight is 302 g/mol. The summed E-state index contributed by atoms with van der Waals surface area (Å²) in [4.78, 5) is 2.35. The number of nitrogens with zero attached hydrogens (tertiary/aromatic N) is 1. The molecule has 0 aromatic heterocycles. The molecule has 6 heteroatoms. The van der Waals surface area contributed by atoms with Gasteiger partial charge in [0.05, 0.1) is 6.61 Å². The van der Waals surface area contributed by atoms with Crippen LogP contribution in [0.15, 0.2) is 30.3 Å². The van der Waals surface area contributed by atoms with Crippen LogP contribution in [0, 0.1) is 0 Å². The molecule has 0 spiro atoms. The van der Waals surface area contributed by atoms with Gasteiger partial charge < -0.3 is 10.1 Å². The maximum Gasteiger partial charge on any atom is 0.411 e. The minimum atomic E-state index is -4.24. The lowest BCUT2D eigenvalue weighted by Gasteiger charge is -2.17. The molecule has 1 saturated heterocycles. The summed E-state index contributed by atoms with van der Waals surface area (Å²) in [7, 11) is 0. The minimum absolute atomic E-state index is 0.0920. The summed E-state index contributed by atoms with van der Waals surface area (Å²) in [5.74, 6) is 0. The Balaban J connectivity index is 1.58. The van der Waals surface area contributed by atoms with Gasteiger partial charge in [-0.05, 0) is 12.0 Å². The van der Waals surface area contributed by atoms with Crippen molar-refractivity contribution < 1.29 is 17.9 Å². The van der Waals surface area contributed by atoms with E-state index in [1.807, 2.05) is 18.2 Å². The van der Waals surface area contributed by atoms with Crippen LogP contribution < -0.4 is 5.32 Å². The van der Waals surface area contributed by atoms with Crippen LogP contribution in [0.2, 0.25) is 0 Å². The number of alkyl halides is 3. The van der Waals surface area contributed by atoms with E-state index in [1.165, 1.54) is 5.56 Å². The molecule has 1 fully saturated rings. The van der Waals surface area contributed by atoms with Crippen LogP contribution in [0.1, 0.15) is 12.0 Å². The first kappa shape index (κ1) is 16.3. The van der Waals surface area contributed by atoms with E-state index in [4.69, 9.17) is 0 Å². The van der Waals surface area contributed by atoms with Crippen LogP contribution in [0.25, 0.3) is 0 Å². The molecule has 3 nitrogen and oxygen atoms in total. The lowest BCUT2D eigenvalue weighted by atomic mass is 10.2. The highest BCUT2D eigenvalue weighted by atomic mass is 19.4. The maximum atomic E-state index is 11.9. The van der Waals surface area contributed by atoms with Gasteiger partial charge in [0.2, 0.25) is 0 Å². The Kier molecular flexibility index (Phi) is 6.02. The predicted octanol–water partition coefficient (Wildman–Crippen LogP) is 2.43. The van der Waals surface area contributed by atoms with Crippen molar-refractivity contribution in [3.63, 3.8) is 0 Å². The third-order valence-corrected chi connectivity index (χ3v) is 3.47. The number of nitrogens with one attached hydrogen (secondary N) is 1. The predicted molar refractivity (Wildman–Crippen MR) is 75.0 cm³/mol. The van der Waals surface area contributed by atoms with Gasteiger partial charge in [0, 0.05) is 32.2 Å². The Morgan fingerprint density at radius 1 is 1.24 bits per heavy atom. The quantitative estimate of drug-likeness (QED) is 0.783. The highest BCUT2D eigenvalue weighted by Crippen LogP contribution is 2.15. The molecular formula is C15H21F3N2O. The molecule has 1 N–H and O–H groups in total. The lowest BCUT2D eigenvalue weighted by molar-refractivity contribution is -0.173. The molecule has 1 heterocycles. The van der Waals surface area contributed by atoms with E-state index in [2.05, 4.69) is 27.1 Å². The fourth-order valence-electron chi connectivity index (χ4n) is 2.51. The van der Waals surface area contributed by atoms with Crippen LogP contribution in [0.3, 0.4) is 0 Å². The number of benzene rings is 1. The molecule has 0 amide bonds. The first-order valence-electron chi connectivity index (χ1n) is 7.17. The molecule has 1 atom stereocenters. The summed E-state index contributed by atoms with van der Waals surface area (Å²) < 4.78 is 40.2. The minimum Gasteiger partial charge on any atom is -0.371 e. The van der Waals surface area contributed by atoms with Crippen molar-refractivity contribution in [2.24, 2.45) is 0 Å². The first-order chi connectivity index (χ1) is 10.0. The van der Waals surface area contributed by atoms with E-state index in [1.54, 1.807) is 0 Å². The standard InChI is InChI=1S/C15H21F3N2O/c16-15(17,18)12-21-9-7-19-14-6-8-20(11-14)10-13-4-2-1-3-5-13/h1-5,14,19H,6-12H2. The molecule has 1 aromatic carbocycles. The van der Waals surface area contributed by atoms with E-state index < -0.39 is 12.8 Å². The van der Waals surface area contributed by atoms with Gasteiger partial charge in [0.25, 0.3) is 0 Å². The molecule has 0 aliphatic carbocycles. The lowest BCUT2D eigenvalue weighted by Crippen LogP contribution is -2.35. The highest BCUT2D eigenvalue weighted by Gasteiger charge is 2.27. The Morgan fingerprint density at radius 2 is 2.00 bits per heavy atom. The molecule has 1 aliphatic rings. The van der Waals surface area contributed by atoms with E-state index in [-0.39, 0.29) is 6.61 Å². The molecule has 0 saturated carbocycles. The van der Waals surface area contributed by atoms with Crippen LogP contribution in [-0.4, -0.2) is 50.0 Å². The normalized spacial score (nSPS) is 20.0. The zero-order valence-corrected chi connectivity index (χ0v) is 11.9. The van der Waals surface area contributed by atoms with Crippen molar-refractivity contribution in [1.82, 2.24) is 10.2 Å². The fraction of sp³-hybridized carbons (Fsp3) is 0.600. The number of ether oxygens (including phenoxy) is 1. The fourth-order valence-corrected chi connectivity index (χ4v) is 2.51. The second kappa shape index (κ2) is 7.77. The molecule has 1 aromatic rings. The largest absolute Gasteiger partial charge is 0.411 e. The van der Waals surface area contributed by atoms with Crippen molar-refractivity contribution in [2.75, 3.05) is 32.8 Å². The van der Waals surface area contributed by atoms with Crippen LogP contribution in [-0.2, 0) is 11.3 Å². The molecule has 118 valence electrons. The topological polar surface area (TPSA) is 24.5 Å². The van der Waals surface area contributed by atoms with Gasteiger partial charge in [-0.2, -0.15) is 13.2 Å². The van der Waals surface area contributed by atoms with Crippen molar-refractivity contribution in [3.8, 4) is 0 Å². The smallest absolute Gasteiger partial charge is 0.371 e. The average Bonchev–Trinajstić information content (AvgIpc) is 2.86. The van der Waals surface area contributed by atoms with Crippen molar-refractivity contribution in [3.05, 3.63) is 35.9 Å². The van der Waals surface area contributed by atoms with Crippen molar-refractivity contribution in [2.45, 2.75) is 25.2 Å². The number of halogens is 3. The molecule has 0 radical (unpaired) electrons. The Morgan fingerprint density at radius 3 is 2.71 bits per heavy atom. The molecule has 21 heavy (non-hydrogen) atoms. The van der Waals surface area contributed by atoms with Crippen molar-refractivity contribution in [1.29, 1.82) is 0 Å². The molecular weight excluding hydrogens is 281 g/mol. The summed E-state index contributed by atoms with van der Waals surface area (Å²) in [5, 5.41) is 3.25. The monoisotopic (exact) mass is 302 g/mol. The third-order valence-electron chi connectivity index (χ3n) is 3.47. The Hall–Kier alpha value is -1.11. The van der Waals surface area contributed by atoms with Gasteiger partial charge in [-0.1, -0.05) is 30.3 Å². The van der Waals surface area contributed by atoms with Gasteiger partial charge in [-0.3, -0.25) is 4.90 Å². The molecule has 2 rings (SSSR count). The second-order valence-corrected chi connectivity index (χ2v) is 5.33. The van der Waals surface area contributed by atoms with E-state index in [9.17, 15) is 13.2 Å². The van der Waals surface area contributed by atoms with E-state index in [0.29, 0.717) is 12.6 Å². The van der Waals surface area contributed by atoms with Crippen LogP contribution in [0.4, 0.5) is 13.2 Å². The van der Waals surface area contributed by atoms with E-state index in [0.717, 1.165) is 26.1 Å². The first-order valence-corrected chi connectivity index (χ1v) is 7.17. The Labute approximate surface area is 123 Å². The molecule has 1 aliphatic heterocycles. The Bertz CT molecular complexity index is 411. The van der Waals surface area contributed by atoms with Crippen LogP contribution >= 0.6 is 0 Å². The van der Waals surface area contributed by atoms with Gasteiger partial charge in [0.1, 0.15) is 6.61 Å². The summed E-state index contributed by atoms with van der Waals surface area (Å²) in [6.45, 7) is 2.24. The number of hydrogen-bond donors (Lipinski definition) is 1. The third kappa shape index (κ3) is 6.46. The zero-order valence-electron chi connectivity index (χ0n) is 11.9. The number of likely N-dealkylation sites (tertiary alicyclic amines) is 1. The summed E-state index contributed by atoms with van der Waals surface area (Å²) in [6.07, 6.45) is -3.22. The van der Waals surface area contributed by atoms with Crippen LogP contribution in [0.5, 0.6) is 0 Å². The summed E-state index contributed by atoms with van der Waals surface area (Å²) in [6, 6.07) is 10.6.